The number of thiazole rings is 1. The van der Waals surface area contributed by atoms with Crippen LogP contribution in [-0.4, -0.2) is 21.8 Å². The zero-order valence-electron chi connectivity index (χ0n) is 16.2. The van der Waals surface area contributed by atoms with Crippen LogP contribution in [-0.2, 0) is 6.54 Å². The summed E-state index contributed by atoms with van der Waals surface area (Å²) in [4.78, 5) is 33.1. The van der Waals surface area contributed by atoms with Gasteiger partial charge in [0.25, 0.3) is 11.8 Å². The normalized spacial score (nSPS) is 10.5. The molecule has 0 spiro atoms. The first-order valence-corrected chi connectivity index (χ1v) is 10.3. The summed E-state index contributed by atoms with van der Waals surface area (Å²) in [5, 5.41) is 7.61. The van der Waals surface area contributed by atoms with Crippen LogP contribution in [0.25, 0.3) is 10.6 Å². The Bertz CT molecular complexity index is 1230. The van der Waals surface area contributed by atoms with Crippen molar-refractivity contribution in [1.29, 1.82) is 0 Å². The van der Waals surface area contributed by atoms with E-state index in [9.17, 15) is 14.0 Å². The first kappa shape index (κ1) is 20.4. The van der Waals surface area contributed by atoms with E-state index in [-0.39, 0.29) is 29.9 Å². The number of hydrogen-bond acceptors (Lipinski definition) is 5. The Hall–Kier alpha value is -3.91. The maximum atomic E-state index is 13.9. The number of aromatic nitrogens is 2. The van der Waals surface area contributed by atoms with Gasteiger partial charge in [0.2, 0.25) is 0 Å². The molecule has 0 saturated heterocycles. The third kappa shape index (κ3) is 4.99. The second-order valence-electron chi connectivity index (χ2n) is 6.59. The molecule has 8 heteroatoms. The zero-order chi connectivity index (χ0) is 21.6. The lowest BCUT2D eigenvalue weighted by molar-refractivity contribution is 0.0946. The van der Waals surface area contributed by atoms with Crippen LogP contribution in [0.1, 0.15) is 26.4 Å². The fourth-order valence-corrected chi connectivity index (χ4v) is 3.70. The third-order valence-electron chi connectivity index (χ3n) is 4.42. The minimum absolute atomic E-state index is 0.217. The number of anilines is 1. The zero-order valence-corrected chi connectivity index (χ0v) is 17.0. The summed E-state index contributed by atoms with van der Waals surface area (Å²) < 4.78 is 13.9. The highest BCUT2D eigenvalue weighted by molar-refractivity contribution is 7.13. The van der Waals surface area contributed by atoms with E-state index in [1.54, 1.807) is 66.3 Å². The van der Waals surface area contributed by atoms with Crippen molar-refractivity contribution in [3.05, 3.63) is 101 Å². The van der Waals surface area contributed by atoms with Crippen molar-refractivity contribution in [3.8, 4) is 10.6 Å². The first-order chi connectivity index (χ1) is 15.1. The molecule has 2 heterocycles. The van der Waals surface area contributed by atoms with Gasteiger partial charge in [0.15, 0.2) is 0 Å². The molecule has 0 atom stereocenters. The van der Waals surface area contributed by atoms with E-state index in [0.717, 1.165) is 5.56 Å². The van der Waals surface area contributed by atoms with Crippen LogP contribution in [0.2, 0.25) is 0 Å². The second-order valence-corrected chi connectivity index (χ2v) is 7.45. The summed E-state index contributed by atoms with van der Waals surface area (Å²) in [6, 6.07) is 16.7. The van der Waals surface area contributed by atoms with Crippen molar-refractivity contribution >= 4 is 28.8 Å². The van der Waals surface area contributed by atoms with Gasteiger partial charge in [-0.25, -0.2) is 9.37 Å². The van der Waals surface area contributed by atoms with Gasteiger partial charge in [-0.15, -0.1) is 11.3 Å². The lowest BCUT2D eigenvalue weighted by atomic mass is 10.1. The molecule has 0 saturated carbocycles. The molecule has 31 heavy (non-hydrogen) atoms. The number of halogens is 1. The predicted molar refractivity (Wildman–Crippen MR) is 117 cm³/mol. The summed E-state index contributed by atoms with van der Waals surface area (Å²) in [7, 11) is 0. The van der Waals surface area contributed by atoms with Gasteiger partial charge >= 0.3 is 0 Å². The summed E-state index contributed by atoms with van der Waals surface area (Å²) in [5.41, 5.74) is 2.46. The van der Waals surface area contributed by atoms with Crippen molar-refractivity contribution in [1.82, 2.24) is 15.3 Å². The van der Waals surface area contributed by atoms with Gasteiger partial charge in [0.05, 0.1) is 0 Å². The molecule has 4 aromatic rings. The Morgan fingerprint density at radius 1 is 0.968 bits per heavy atom. The van der Waals surface area contributed by atoms with Crippen molar-refractivity contribution < 1.29 is 14.0 Å². The molecule has 0 aliphatic rings. The summed E-state index contributed by atoms with van der Waals surface area (Å²) >= 11 is 1.20. The quantitative estimate of drug-likeness (QED) is 0.469. The standard InChI is InChI=1S/C23H17FN4O2S/c24-19-7-2-1-6-18(19)23-28-20(14-31-23)22(30)26-13-15-4-3-5-16(12-15)21(29)27-17-8-10-25-11-9-17/h1-12,14H,13H2,(H,26,30)(H,25,27,29). The van der Waals surface area contributed by atoms with Gasteiger partial charge in [-0.1, -0.05) is 24.3 Å². The molecule has 2 N–H and O–H groups in total. The maximum Gasteiger partial charge on any atom is 0.271 e. The number of nitrogens with zero attached hydrogens (tertiary/aromatic N) is 2. The van der Waals surface area contributed by atoms with E-state index in [0.29, 0.717) is 21.8 Å². The van der Waals surface area contributed by atoms with Gasteiger partial charge in [-0.2, -0.15) is 0 Å². The number of pyridine rings is 1. The van der Waals surface area contributed by atoms with E-state index in [2.05, 4.69) is 20.6 Å². The fourth-order valence-electron chi connectivity index (χ4n) is 2.87. The Balaban J connectivity index is 1.39. The lowest BCUT2D eigenvalue weighted by Gasteiger charge is -2.08. The van der Waals surface area contributed by atoms with Gasteiger partial charge in [-0.3, -0.25) is 14.6 Å². The average Bonchev–Trinajstić information content (AvgIpc) is 3.29. The number of nitrogens with one attached hydrogen (secondary N) is 2. The minimum Gasteiger partial charge on any atom is -0.347 e. The Morgan fingerprint density at radius 3 is 2.58 bits per heavy atom. The molecule has 2 amide bonds. The molecule has 0 bridgehead atoms. The molecule has 2 aromatic carbocycles. The van der Waals surface area contributed by atoms with Crippen molar-refractivity contribution in [2.75, 3.05) is 5.32 Å². The lowest BCUT2D eigenvalue weighted by Crippen LogP contribution is -2.23. The Morgan fingerprint density at radius 2 is 1.77 bits per heavy atom. The first-order valence-electron chi connectivity index (χ1n) is 9.39. The van der Waals surface area contributed by atoms with E-state index in [1.165, 1.54) is 17.4 Å². The average molecular weight is 432 g/mol. The van der Waals surface area contributed by atoms with Crippen LogP contribution < -0.4 is 10.6 Å². The summed E-state index contributed by atoms with van der Waals surface area (Å²) in [6.07, 6.45) is 3.19. The largest absolute Gasteiger partial charge is 0.347 e. The molecule has 0 fully saturated rings. The topological polar surface area (TPSA) is 84.0 Å². The number of hydrogen-bond donors (Lipinski definition) is 2. The van der Waals surface area contributed by atoms with Crippen molar-refractivity contribution in [3.63, 3.8) is 0 Å². The SMILES string of the molecule is O=C(Nc1ccncc1)c1cccc(CNC(=O)c2csc(-c3ccccc3F)n2)c1. The van der Waals surface area contributed by atoms with Crippen molar-refractivity contribution in [2.45, 2.75) is 6.54 Å². The Kier molecular flexibility index (Phi) is 6.09. The highest BCUT2D eigenvalue weighted by Gasteiger charge is 2.14. The van der Waals surface area contributed by atoms with Crippen LogP contribution in [0.4, 0.5) is 10.1 Å². The van der Waals surface area contributed by atoms with E-state index < -0.39 is 0 Å². The molecule has 0 aliphatic heterocycles. The van der Waals surface area contributed by atoms with Crippen LogP contribution >= 0.6 is 11.3 Å². The van der Waals surface area contributed by atoms with E-state index in [4.69, 9.17) is 0 Å². The molecule has 6 nitrogen and oxygen atoms in total. The number of amides is 2. The van der Waals surface area contributed by atoms with Crippen LogP contribution in [0.3, 0.4) is 0 Å². The smallest absolute Gasteiger partial charge is 0.271 e. The third-order valence-corrected chi connectivity index (χ3v) is 5.30. The highest BCUT2D eigenvalue weighted by atomic mass is 32.1. The van der Waals surface area contributed by atoms with Crippen molar-refractivity contribution in [2.24, 2.45) is 0 Å². The number of benzene rings is 2. The minimum atomic E-state index is -0.384. The van der Waals surface area contributed by atoms with Gasteiger partial charge in [0.1, 0.15) is 16.5 Å². The van der Waals surface area contributed by atoms with Gasteiger partial charge in [0, 0.05) is 41.1 Å². The summed E-state index contributed by atoms with van der Waals surface area (Å²) in [5.74, 6) is -1.01. The van der Waals surface area contributed by atoms with Gasteiger partial charge < -0.3 is 10.6 Å². The Labute approximate surface area is 181 Å². The van der Waals surface area contributed by atoms with E-state index >= 15 is 0 Å². The number of carbonyl (C=O) groups excluding carboxylic acids is 2. The second kappa shape index (κ2) is 9.27. The molecular formula is C23H17FN4O2S. The molecule has 2 aromatic heterocycles. The van der Waals surface area contributed by atoms with E-state index in [1.807, 2.05) is 6.07 Å². The number of rotatable bonds is 6. The molecular weight excluding hydrogens is 415 g/mol. The fraction of sp³-hybridized carbons (Fsp3) is 0.0435. The molecule has 0 unspecified atom stereocenters. The van der Waals surface area contributed by atoms with Crippen LogP contribution in [0.5, 0.6) is 0 Å². The highest BCUT2D eigenvalue weighted by Crippen LogP contribution is 2.26. The maximum absolute atomic E-state index is 13.9. The molecule has 0 aliphatic carbocycles. The van der Waals surface area contributed by atoms with Crippen LogP contribution in [0.15, 0.2) is 78.4 Å². The number of carbonyl (C=O) groups is 2. The van der Waals surface area contributed by atoms with Gasteiger partial charge in [-0.05, 0) is 42.0 Å². The molecule has 154 valence electrons. The monoisotopic (exact) mass is 432 g/mol. The summed E-state index contributed by atoms with van der Waals surface area (Å²) in [6.45, 7) is 0.224. The predicted octanol–water partition coefficient (Wildman–Crippen LogP) is 4.53. The molecule has 4 rings (SSSR count). The van der Waals surface area contributed by atoms with Crippen LogP contribution in [0, 0.1) is 5.82 Å². The molecule has 0 radical (unpaired) electrons.